The summed E-state index contributed by atoms with van der Waals surface area (Å²) in [6.07, 6.45) is 12.6. The summed E-state index contributed by atoms with van der Waals surface area (Å²) in [5.41, 5.74) is 8.64. The number of hydrogen-bond donors (Lipinski definition) is 2. The minimum Gasteiger partial charge on any atom is -0.369 e. The number of fused-ring (bicyclic) bond motifs is 2. The molecule has 2 aliphatic heterocycles. The third kappa shape index (κ3) is 4.39. The van der Waals surface area contributed by atoms with Gasteiger partial charge in [-0.15, -0.1) is 0 Å². The number of nitrogens with two attached hydrogens (primary N) is 1. The lowest BCUT2D eigenvalue weighted by Gasteiger charge is -2.40. The van der Waals surface area contributed by atoms with Crippen molar-refractivity contribution in [2.75, 3.05) is 31.1 Å². The largest absolute Gasteiger partial charge is 0.369 e. The Bertz CT molecular complexity index is 835. The molecule has 7 nitrogen and oxygen atoms in total. The van der Waals surface area contributed by atoms with Gasteiger partial charge < -0.3 is 16.0 Å². The predicted octanol–water partition coefficient (Wildman–Crippen LogP) is 2.32. The summed E-state index contributed by atoms with van der Waals surface area (Å²) < 4.78 is 1.89. The van der Waals surface area contributed by atoms with Crippen LogP contribution in [0.3, 0.4) is 0 Å². The molecule has 1 aliphatic carbocycles. The average molecular weight is 399 g/mol. The number of amides is 1. The first-order valence-corrected chi connectivity index (χ1v) is 11.3. The third-order valence-electron chi connectivity index (χ3n) is 6.67. The third-order valence-corrected chi connectivity index (χ3v) is 6.67. The van der Waals surface area contributed by atoms with Crippen LogP contribution in [0.2, 0.25) is 0 Å². The van der Waals surface area contributed by atoms with Crippen molar-refractivity contribution in [3.63, 3.8) is 0 Å². The average Bonchev–Trinajstić information content (AvgIpc) is 3.04. The SMILES string of the molecule is CCC1CCCCC1.NC(=O)C1CN(c2c3c(nc4ccnn24)CCNCC3)C1. The normalized spacial score (nSPS) is 20.4. The van der Waals surface area contributed by atoms with Gasteiger partial charge in [-0.25, -0.2) is 4.98 Å². The highest BCUT2D eigenvalue weighted by molar-refractivity contribution is 5.80. The Morgan fingerprint density at radius 3 is 2.66 bits per heavy atom. The minimum absolute atomic E-state index is 0.0525. The van der Waals surface area contributed by atoms with E-state index >= 15 is 0 Å². The van der Waals surface area contributed by atoms with Gasteiger partial charge in [-0.3, -0.25) is 4.79 Å². The molecule has 1 saturated heterocycles. The molecule has 0 bridgehead atoms. The zero-order valence-corrected chi connectivity index (χ0v) is 17.6. The molecular weight excluding hydrogens is 364 g/mol. The van der Waals surface area contributed by atoms with Crippen LogP contribution in [-0.4, -0.2) is 46.7 Å². The van der Waals surface area contributed by atoms with Gasteiger partial charge in [0, 0.05) is 37.7 Å². The molecule has 5 rings (SSSR count). The first-order chi connectivity index (χ1) is 14.2. The molecule has 29 heavy (non-hydrogen) atoms. The highest BCUT2D eigenvalue weighted by Crippen LogP contribution is 2.31. The van der Waals surface area contributed by atoms with Crippen molar-refractivity contribution in [2.24, 2.45) is 17.6 Å². The van der Waals surface area contributed by atoms with E-state index in [1.807, 2.05) is 10.6 Å². The van der Waals surface area contributed by atoms with Crippen molar-refractivity contribution in [1.29, 1.82) is 0 Å². The van der Waals surface area contributed by atoms with E-state index in [1.54, 1.807) is 6.20 Å². The van der Waals surface area contributed by atoms with Gasteiger partial charge in [-0.2, -0.15) is 9.61 Å². The Morgan fingerprint density at radius 2 is 1.97 bits per heavy atom. The number of nitrogens with one attached hydrogen (secondary N) is 1. The van der Waals surface area contributed by atoms with Crippen molar-refractivity contribution in [3.05, 3.63) is 23.5 Å². The highest BCUT2D eigenvalue weighted by atomic mass is 16.1. The van der Waals surface area contributed by atoms with Gasteiger partial charge in [-0.1, -0.05) is 45.4 Å². The highest BCUT2D eigenvalue weighted by Gasteiger charge is 2.35. The predicted molar refractivity (Wildman–Crippen MR) is 115 cm³/mol. The second-order valence-corrected chi connectivity index (χ2v) is 8.63. The van der Waals surface area contributed by atoms with Crippen LogP contribution in [0.5, 0.6) is 0 Å². The molecule has 2 aromatic rings. The molecule has 0 unspecified atom stereocenters. The number of primary amides is 1. The molecule has 1 amide bonds. The summed E-state index contributed by atoms with van der Waals surface area (Å²) in [6, 6.07) is 1.92. The van der Waals surface area contributed by atoms with Crippen LogP contribution in [0.1, 0.15) is 56.7 Å². The van der Waals surface area contributed by atoms with Gasteiger partial charge in [0.2, 0.25) is 5.91 Å². The van der Waals surface area contributed by atoms with Crippen molar-refractivity contribution in [2.45, 2.75) is 58.3 Å². The van der Waals surface area contributed by atoms with E-state index in [0.29, 0.717) is 13.1 Å². The quantitative estimate of drug-likeness (QED) is 0.828. The van der Waals surface area contributed by atoms with Gasteiger partial charge in [0.05, 0.1) is 17.8 Å². The Labute approximate surface area is 173 Å². The summed E-state index contributed by atoms with van der Waals surface area (Å²) in [5.74, 6) is 1.90. The summed E-state index contributed by atoms with van der Waals surface area (Å²) in [5, 5.41) is 7.81. The number of anilines is 1. The summed E-state index contributed by atoms with van der Waals surface area (Å²) >= 11 is 0. The summed E-state index contributed by atoms with van der Waals surface area (Å²) in [6.45, 7) is 5.56. The molecule has 7 heteroatoms. The van der Waals surface area contributed by atoms with E-state index in [1.165, 1.54) is 44.1 Å². The first kappa shape index (κ1) is 20.1. The Balaban J connectivity index is 0.000000216. The fourth-order valence-corrected chi connectivity index (χ4v) is 4.77. The summed E-state index contributed by atoms with van der Waals surface area (Å²) in [4.78, 5) is 18.2. The summed E-state index contributed by atoms with van der Waals surface area (Å²) in [7, 11) is 0. The van der Waals surface area contributed by atoms with Crippen LogP contribution in [0, 0.1) is 11.8 Å². The Morgan fingerprint density at radius 1 is 1.21 bits per heavy atom. The van der Waals surface area contributed by atoms with Crippen molar-refractivity contribution < 1.29 is 4.79 Å². The lowest BCUT2D eigenvalue weighted by atomic mass is 9.88. The maximum Gasteiger partial charge on any atom is 0.224 e. The van der Waals surface area contributed by atoms with Gasteiger partial charge >= 0.3 is 0 Å². The number of carbonyl (C=O) groups is 1. The molecule has 1 saturated carbocycles. The van der Waals surface area contributed by atoms with Crippen LogP contribution >= 0.6 is 0 Å². The molecule has 0 atom stereocenters. The van der Waals surface area contributed by atoms with Crippen molar-refractivity contribution >= 4 is 17.4 Å². The Kier molecular flexibility index (Phi) is 6.33. The van der Waals surface area contributed by atoms with Gasteiger partial charge in [0.15, 0.2) is 5.65 Å². The molecular formula is C22H34N6O. The number of aromatic nitrogens is 3. The second kappa shape index (κ2) is 9.11. The molecule has 0 spiro atoms. The zero-order chi connectivity index (χ0) is 20.2. The molecule has 3 N–H and O–H groups in total. The second-order valence-electron chi connectivity index (χ2n) is 8.63. The van der Waals surface area contributed by atoms with Gasteiger partial charge in [0.25, 0.3) is 0 Å². The monoisotopic (exact) mass is 398 g/mol. The molecule has 0 aromatic carbocycles. The van der Waals surface area contributed by atoms with E-state index in [0.717, 1.165) is 49.0 Å². The van der Waals surface area contributed by atoms with Gasteiger partial charge in [-0.05, 0) is 18.9 Å². The number of hydrogen-bond acceptors (Lipinski definition) is 5. The maximum atomic E-state index is 11.3. The number of carbonyl (C=O) groups excluding carboxylic acids is 1. The van der Waals surface area contributed by atoms with Crippen LogP contribution in [0.4, 0.5) is 5.82 Å². The first-order valence-electron chi connectivity index (χ1n) is 11.3. The van der Waals surface area contributed by atoms with Crippen LogP contribution < -0.4 is 16.0 Å². The zero-order valence-electron chi connectivity index (χ0n) is 17.6. The number of rotatable bonds is 3. The van der Waals surface area contributed by atoms with E-state index in [9.17, 15) is 4.79 Å². The minimum atomic E-state index is -0.218. The van der Waals surface area contributed by atoms with E-state index in [4.69, 9.17) is 10.7 Å². The topological polar surface area (TPSA) is 88.6 Å². The number of nitrogens with zero attached hydrogens (tertiary/aromatic N) is 4. The van der Waals surface area contributed by atoms with Crippen LogP contribution in [-0.2, 0) is 17.6 Å². The van der Waals surface area contributed by atoms with E-state index in [-0.39, 0.29) is 11.8 Å². The molecule has 4 heterocycles. The van der Waals surface area contributed by atoms with Crippen LogP contribution in [0.15, 0.2) is 12.3 Å². The van der Waals surface area contributed by atoms with Crippen molar-refractivity contribution in [1.82, 2.24) is 19.9 Å². The maximum absolute atomic E-state index is 11.3. The van der Waals surface area contributed by atoms with Gasteiger partial charge in [0.1, 0.15) is 5.82 Å². The molecule has 158 valence electrons. The molecule has 2 fully saturated rings. The Hall–Kier alpha value is -2.15. The van der Waals surface area contributed by atoms with E-state index < -0.39 is 0 Å². The standard InChI is InChI=1S/C14H18N6O.C8H16/c15-13(21)9-7-19(8-9)14-10-1-4-16-5-2-11(10)18-12-3-6-17-20(12)14;1-2-8-6-4-3-5-7-8/h3,6,9,16H,1-2,4-5,7-8H2,(H2,15,21);8H,2-7H2,1H3. The molecule has 0 radical (unpaired) electrons. The van der Waals surface area contributed by atoms with E-state index in [2.05, 4.69) is 22.2 Å². The van der Waals surface area contributed by atoms with Crippen molar-refractivity contribution in [3.8, 4) is 0 Å². The fraction of sp³-hybridized carbons (Fsp3) is 0.682. The van der Waals surface area contributed by atoms with Crippen LogP contribution in [0.25, 0.3) is 5.65 Å². The lowest BCUT2D eigenvalue weighted by Crippen LogP contribution is -2.53. The molecule has 3 aliphatic rings. The lowest BCUT2D eigenvalue weighted by molar-refractivity contribution is -0.122. The fourth-order valence-electron chi connectivity index (χ4n) is 4.77. The smallest absolute Gasteiger partial charge is 0.224 e. The molecule has 2 aromatic heterocycles.